The molecule has 0 aromatic heterocycles. The number of hydrogen-bond acceptors (Lipinski definition) is 2. The number of ketones is 2. The number of hydrogen-bond donors (Lipinski definition) is 0. The summed E-state index contributed by atoms with van der Waals surface area (Å²) in [7, 11) is 0. The minimum atomic E-state index is -0.525. The van der Waals surface area contributed by atoms with Gasteiger partial charge in [-0.25, -0.2) is 0 Å². The summed E-state index contributed by atoms with van der Waals surface area (Å²) in [5.74, 6) is -1.50. The molecule has 0 heterocycles. The molecule has 0 spiro atoms. The number of benzene rings is 1. The number of carbonyl (C=O) groups is 2. The van der Waals surface area contributed by atoms with Crippen molar-refractivity contribution in [2.45, 2.75) is 0 Å². The Kier molecular flexibility index (Phi) is 2.12. The lowest BCUT2D eigenvalue weighted by atomic mass is 10.1. The van der Waals surface area contributed by atoms with Crippen molar-refractivity contribution in [1.82, 2.24) is 0 Å². The van der Waals surface area contributed by atoms with Crippen LogP contribution in [0.25, 0.3) is 9.69 Å². The fraction of sp³-hybridized carbons (Fsp3) is 0. The zero-order valence-electron chi connectivity index (χ0n) is 8.02. The maximum absolute atomic E-state index is 11.8. The van der Waals surface area contributed by atoms with Gasteiger partial charge in [0.05, 0.1) is 0 Å². The van der Waals surface area contributed by atoms with Gasteiger partial charge in [-0.15, -0.1) is 0 Å². The minimum absolute atomic E-state index is 0.271. The van der Waals surface area contributed by atoms with Crippen LogP contribution in [0.3, 0.4) is 0 Å². The molecule has 1 aromatic carbocycles. The zero-order chi connectivity index (χ0) is 11.7. The Morgan fingerprint density at radius 1 is 0.938 bits per heavy atom. The first-order valence-electron chi connectivity index (χ1n) is 4.38. The molecule has 0 atom stereocenters. The summed E-state index contributed by atoms with van der Waals surface area (Å²) in [6.45, 7) is 13.5. The molecule has 0 N–H and O–H groups in total. The molecule has 0 amide bonds. The van der Waals surface area contributed by atoms with E-state index in [2.05, 4.69) is 9.69 Å². The Morgan fingerprint density at radius 2 is 1.38 bits per heavy atom. The van der Waals surface area contributed by atoms with Crippen LogP contribution in [0.2, 0.25) is 0 Å². The first kappa shape index (κ1) is 9.82. The van der Waals surface area contributed by atoms with Gasteiger partial charge in [0, 0.05) is 11.1 Å². The summed E-state index contributed by atoms with van der Waals surface area (Å²) in [5.41, 5.74) is 0.241. The van der Waals surface area contributed by atoms with Crippen molar-refractivity contribution in [2.24, 2.45) is 0 Å². The van der Waals surface area contributed by atoms with Gasteiger partial charge in [-0.05, 0) is 0 Å². The second-order valence-corrected chi connectivity index (χ2v) is 3.13. The third-order valence-corrected chi connectivity index (χ3v) is 2.31. The van der Waals surface area contributed by atoms with E-state index in [4.69, 9.17) is 13.1 Å². The Morgan fingerprint density at radius 3 is 1.75 bits per heavy atom. The summed E-state index contributed by atoms with van der Waals surface area (Å²) in [6.07, 6.45) is 0. The van der Waals surface area contributed by atoms with Gasteiger partial charge >= 0.3 is 5.82 Å². The van der Waals surface area contributed by atoms with Crippen LogP contribution < -0.4 is 0 Å². The van der Waals surface area contributed by atoms with Crippen molar-refractivity contribution in [1.29, 1.82) is 0 Å². The van der Waals surface area contributed by atoms with Crippen LogP contribution >= 0.6 is 0 Å². The van der Waals surface area contributed by atoms with Crippen LogP contribution in [-0.4, -0.2) is 11.6 Å². The van der Waals surface area contributed by atoms with E-state index in [1.54, 1.807) is 12.1 Å². The average molecular weight is 208 g/mol. The molecule has 1 aromatic rings. The van der Waals surface area contributed by atoms with Crippen molar-refractivity contribution in [3.8, 4) is 0 Å². The van der Waals surface area contributed by atoms with Gasteiger partial charge in [0.1, 0.15) is 13.1 Å². The molecule has 0 saturated carbocycles. The topological polar surface area (TPSA) is 42.9 Å². The molecule has 0 unspecified atom stereocenters. The van der Waals surface area contributed by atoms with E-state index in [1.807, 2.05) is 0 Å². The van der Waals surface area contributed by atoms with E-state index >= 15 is 0 Å². The second kappa shape index (κ2) is 3.45. The quantitative estimate of drug-likeness (QED) is 0.372. The van der Waals surface area contributed by atoms with E-state index in [0.29, 0.717) is 0 Å². The molecule has 0 bridgehead atoms. The molecule has 1 aliphatic rings. The summed E-state index contributed by atoms with van der Waals surface area (Å²) in [4.78, 5) is 29.4. The van der Waals surface area contributed by atoms with Crippen LogP contribution in [0.15, 0.2) is 35.7 Å². The first-order chi connectivity index (χ1) is 7.70. The fourth-order valence-electron chi connectivity index (χ4n) is 1.59. The molecule has 1 aliphatic carbocycles. The molecule has 0 fully saturated rings. The number of nitrogens with zero attached hydrogens (tertiary/aromatic N) is 2. The molecule has 0 aliphatic heterocycles. The predicted molar refractivity (Wildman–Crippen MR) is 55.3 cm³/mol. The maximum atomic E-state index is 11.8. The van der Waals surface area contributed by atoms with Crippen LogP contribution in [-0.2, 0) is 0 Å². The van der Waals surface area contributed by atoms with E-state index in [0.717, 1.165) is 0 Å². The maximum Gasteiger partial charge on any atom is 0.534 e. The third-order valence-electron chi connectivity index (χ3n) is 2.31. The zero-order valence-corrected chi connectivity index (χ0v) is 8.02. The minimum Gasteiger partial charge on any atom is -0.290 e. The highest BCUT2D eigenvalue weighted by Crippen LogP contribution is 2.28. The predicted octanol–water partition coefficient (Wildman–Crippen LogP) is 2.12. The van der Waals surface area contributed by atoms with Crippen LogP contribution in [0.1, 0.15) is 20.7 Å². The molecule has 4 nitrogen and oxygen atoms in total. The Bertz CT molecular complexity index is 574. The highest BCUT2D eigenvalue weighted by molar-refractivity contribution is 6.40. The Hall–Kier alpha value is -2.72. The van der Waals surface area contributed by atoms with Crippen molar-refractivity contribution >= 4 is 11.6 Å². The average Bonchev–Trinajstić information content (AvgIpc) is 2.57. The molecule has 16 heavy (non-hydrogen) atoms. The lowest BCUT2D eigenvalue weighted by Gasteiger charge is -1.90. The first-order valence-corrected chi connectivity index (χ1v) is 4.38. The van der Waals surface area contributed by atoms with Gasteiger partial charge in [-0.2, -0.15) is 9.69 Å². The molecule has 4 heteroatoms. The van der Waals surface area contributed by atoms with Gasteiger partial charge in [-0.3, -0.25) is 9.59 Å². The van der Waals surface area contributed by atoms with Gasteiger partial charge in [0.15, 0.2) is 17.1 Å². The lowest BCUT2D eigenvalue weighted by molar-refractivity contribution is 0.0988. The third kappa shape index (κ3) is 1.14. The highest BCUT2D eigenvalue weighted by atomic mass is 16.2. The van der Waals surface area contributed by atoms with Crippen LogP contribution in [0, 0.1) is 13.1 Å². The SMILES string of the molecule is [C-]#[N+]C([N+]#[C-])=C1C(=O)c2ccccc2C1=O. The van der Waals surface area contributed by atoms with E-state index in [9.17, 15) is 9.59 Å². The smallest absolute Gasteiger partial charge is 0.290 e. The molecule has 0 saturated heterocycles. The Balaban J connectivity index is 2.75. The van der Waals surface area contributed by atoms with Crippen molar-refractivity contribution in [2.75, 3.05) is 0 Å². The van der Waals surface area contributed by atoms with Crippen molar-refractivity contribution in [3.05, 3.63) is 69.6 Å². The second-order valence-electron chi connectivity index (χ2n) is 3.13. The van der Waals surface area contributed by atoms with Crippen molar-refractivity contribution in [3.63, 3.8) is 0 Å². The van der Waals surface area contributed by atoms with Crippen LogP contribution in [0.5, 0.6) is 0 Å². The number of carbonyl (C=O) groups excluding carboxylic acids is 2. The standard InChI is InChI=1S/C12H4N2O2/c1-13-12(14-2)9-10(15)7-5-3-4-6-8(7)11(9)16/h3-6H. The number of allylic oxidation sites excluding steroid dienone is 1. The molecular weight excluding hydrogens is 204 g/mol. The number of fused-ring (bicyclic) bond motifs is 1. The summed E-state index contributed by atoms with van der Waals surface area (Å²) < 4.78 is 0. The largest absolute Gasteiger partial charge is 0.534 e. The lowest BCUT2D eigenvalue weighted by Crippen LogP contribution is -2.02. The molecule has 74 valence electrons. The molecule has 0 radical (unpaired) electrons. The number of rotatable bonds is 0. The van der Waals surface area contributed by atoms with Gasteiger partial charge < -0.3 is 0 Å². The molecule has 2 rings (SSSR count). The fourth-order valence-corrected chi connectivity index (χ4v) is 1.59. The van der Waals surface area contributed by atoms with Gasteiger partial charge in [0.25, 0.3) is 0 Å². The highest BCUT2D eigenvalue weighted by Gasteiger charge is 2.39. The summed E-state index contributed by atoms with van der Waals surface area (Å²) >= 11 is 0. The van der Waals surface area contributed by atoms with Gasteiger partial charge in [-0.1, -0.05) is 24.3 Å². The van der Waals surface area contributed by atoms with E-state index < -0.39 is 17.4 Å². The molecular formula is C12H4N2O2. The monoisotopic (exact) mass is 208 g/mol. The summed E-state index contributed by atoms with van der Waals surface area (Å²) in [6, 6.07) is 6.33. The van der Waals surface area contributed by atoms with Crippen molar-refractivity contribution < 1.29 is 9.59 Å². The number of Topliss-reactive ketones (excluding diaryl/α,β-unsaturated/α-hetero) is 2. The summed E-state index contributed by atoms with van der Waals surface area (Å²) in [5, 5.41) is 0. The van der Waals surface area contributed by atoms with E-state index in [1.165, 1.54) is 12.1 Å². The Labute approximate surface area is 91.5 Å². The van der Waals surface area contributed by atoms with E-state index in [-0.39, 0.29) is 16.7 Å². The van der Waals surface area contributed by atoms with Gasteiger partial charge in [0.2, 0.25) is 0 Å². The normalized spacial score (nSPS) is 13.0. The van der Waals surface area contributed by atoms with Crippen LogP contribution in [0.4, 0.5) is 0 Å².